The zero-order valence-electron chi connectivity index (χ0n) is 6.03. The van der Waals surface area contributed by atoms with Gasteiger partial charge in [0.2, 0.25) is 0 Å². The number of hydrogen-bond donors (Lipinski definition) is 0. The molecule has 0 spiro atoms. The van der Waals surface area contributed by atoms with Gasteiger partial charge in [-0.1, -0.05) is 17.7 Å². The van der Waals surface area contributed by atoms with E-state index in [1.165, 1.54) is 0 Å². The van der Waals surface area contributed by atoms with Crippen molar-refractivity contribution >= 4 is 11.1 Å². The van der Waals surface area contributed by atoms with E-state index in [1.807, 2.05) is 6.92 Å². The van der Waals surface area contributed by atoms with Gasteiger partial charge in [0.15, 0.2) is 0 Å². The third kappa shape index (κ3) is 2.80. The molecular weight excluding hydrogens is 164 g/mol. The number of hydrogen-bond acceptors (Lipinski definition) is 2. The Morgan fingerprint density at radius 3 is 2.09 bits per heavy atom. The molecule has 11 heavy (non-hydrogen) atoms. The normalized spacial score (nSPS) is 11.8. The van der Waals surface area contributed by atoms with Gasteiger partial charge < -0.3 is 10.0 Å². The molecular formula is C7H9O3S-. The minimum absolute atomic E-state index is 0. The molecule has 1 aromatic carbocycles. The van der Waals surface area contributed by atoms with E-state index < -0.39 is 11.1 Å². The van der Waals surface area contributed by atoms with Crippen LogP contribution in [0.4, 0.5) is 0 Å². The molecule has 1 aromatic rings. The first-order chi connectivity index (χ1) is 4.70. The molecule has 3 nitrogen and oxygen atoms in total. The Balaban J connectivity index is 0.000001000. The van der Waals surface area contributed by atoms with E-state index in [-0.39, 0.29) is 5.48 Å². The van der Waals surface area contributed by atoms with Crippen LogP contribution in [0.1, 0.15) is 5.56 Å². The summed E-state index contributed by atoms with van der Waals surface area (Å²) < 4.78 is 20.6. The standard InChI is InChI=1S/C7H8O2S.H2O/c1-6-2-4-7(5-3-6)10(8)9;/h2-5H,1H3,(H,8,9);1H2/p-1. The highest BCUT2D eigenvalue weighted by Gasteiger charge is 1.88. The molecule has 0 radical (unpaired) electrons. The number of benzene rings is 1. The summed E-state index contributed by atoms with van der Waals surface area (Å²) in [5, 5.41) is 0. The van der Waals surface area contributed by atoms with Crippen LogP contribution >= 0.6 is 0 Å². The molecule has 1 rings (SSSR count). The summed E-state index contributed by atoms with van der Waals surface area (Å²) >= 11 is -2.09. The van der Waals surface area contributed by atoms with Crippen molar-refractivity contribution in [1.29, 1.82) is 0 Å². The molecule has 0 aliphatic heterocycles. The maximum Gasteiger partial charge on any atom is 0.0248 e. The lowest BCUT2D eigenvalue weighted by Gasteiger charge is -2.03. The maximum atomic E-state index is 10.3. The van der Waals surface area contributed by atoms with Gasteiger partial charge >= 0.3 is 0 Å². The molecule has 1 atom stereocenters. The van der Waals surface area contributed by atoms with Crippen LogP contribution in [0.15, 0.2) is 29.2 Å². The van der Waals surface area contributed by atoms with Crippen LogP contribution in [-0.2, 0) is 11.1 Å². The van der Waals surface area contributed by atoms with Crippen molar-refractivity contribution in [2.24, 2.45) is 0 Å². The fourth-order valence-electron chi connectivity index (χ4n) is 0.649. The van der Waals surface area contributed by atoms with E-state index in [9.17, 15) is 8.76 Å². The van der Waals surface area contributed by atoms with Crippen LogP contribution in [-0.4, -0.2) is 14.2 Å². The number of aryl methyl sites for hydroxylation is 1. The van der Waals surface area contributed by atoms with Gasteiger partial charge in [0, 0.05) is 4.90 Å². The molecule has 2 N–H and O–H groups in total. The third-order valence-corrected chi connectivity index (χ3v) is 1.87. The average molecular weight is 173 g/mol. The zero-order chi connectivity index (χ0) is 7.56. The Morgan fingerprint density at radius 2 is 1.73 bits per heavy atom. The van der Waals surface area contributed by atoms with Crippen LogP contribution < -0.4 is 0 Å². The monoisotopic (exact) mass is 173 g/mol. The van der Waals surface area contributed by atoms with Gasteiger partial charge in [0.25, 0.3) is 0 Å². The summed E-state index contributed by atoms with van der Waals surface area (Å²) in [6.07, 6.45) is 0. The summed E-state index contributed by atoms with van der Waals surface area (Å²) in [5.41, 5.74) is 1.06. The van der Waals surface area contributed by atoms with Crippen LogP contribution in [0.2, 0.25) is 0 Å². The highest BCUT2D eigenvalue weighted by molar-refractivity contribution is 7.79. The van der Waals surface area contributed by atoms with Crippen molar-refractivity contribution in [2.45, 2.75) is 11.8 Å². The van der Waals surface area contributed by atoms with E-state index in [0.717, 1.165) is 5.56 Å². The highest BCUT2D eigenvalue weighted by Crippen LogP contribution is 2.05. The molecule has 0 heterocycles. The Morgan fingerprint density at radius 1 is 1.27 bits per heavy atom. The van der Waals surface area contributed by atoms with E-state index in [4.69, 9.17) is 0 Å². The molecule has 4 heteroatoms. The first-order valence-electron chi connectivity index (χ1n) is 2.86. The Kier molecular flexibility index (Phi) is 3.95. The third-order valence-electron chi connectivity index (χ3n) is 1.21. The van der Waals surface area contributed by atoms with Crippen molar-refractivity contribution in [1.82, 2.24) is 0 Å². The molecule has 0 bridgehead atoms. The van der Waals surface area contributed by atoms with Crippen molar-refractivity contribution in [2.75, 3.05) is 0 Å². The van der Waals surface area contributed by atoms with E-state index in [1.54, 1.807) is 24.3 Å². The van der Waals surface area contributed by atoms with Crippen LogP contribution in [0, 0.1) is 6.92 Å². The quantitative estimate of drug-likeness (QED) is 0.577. The fraction of sp³-hybridized carbons (Fsp3) is 0.143. The van der Waals surface area contributed by atoms with Crippen LogP contribution in [0.3, 0.4) is 0 Å². The van der Waals surface area contributed by atoms with Gasteiger partial charge in [0.1, 0.15) is 0 Å². The SMILES string of the molecule is Cc1ccc(S(=O)[O-])cc1.O. The Bertz CT molecular complexity index is 242. The fourth-order valence-corrected chi connectivity index (χ4v) is 1.01. The predicted octanol–water partition coefficient (Wildman–Crippen LogP) is 0.408. The highest BCUT2D eigenvalue weighted by atomic mass is 32.2. The second kappa shape index (κ2) is 4.23. The minimum Gasteiger partial charge on any atom is -0.768 e. The van der Waals surface area contributed by atoms with E-state index in [0.29, 0.717) is 4.90 Å². The van der Waals surface area contributed by atoms with Gasteiger partial charge in [-0.25, -0.2) is 0 Å². The minimum atomic E-state index is -2.09. The second-order valence-corrected chi connectivity index (χ2v) is 2.99. The molecule has 0 aromatic heterocycles. The van der Waals surface area contributed by atoms with Gasteiger partial charge in [-0.05, 0) is 30.1 Å². The number of rotatable bonds is 1. The molecule has 1 unspecified atom stereocenters. The van der Waals surface area contributed by atoms with Gasteiger partial charge in [-0.15, -0.1) is 0 Å². The lowest BCUT2D eigenvalue weighted by molar-refractivity contribution is 0.537. The summed E-state index contributed by atoms with van der Waals surface area (Å²) in [7, 11) is 0. The second-order valence-electron chi connectivity index (χ2n) is 2.05. The van der Waals surface area contributed by atoms with Crippen LogP contribution in [0.5, 0.6) is 0 Å². The van der Waals surface area contributed by atoms with Crippen molar-refractivity contribution in [3.8, 4) is 0 Å². The predicted molar refractivity (Wildman–Crippen MR) is 42.0 cm³/mol. The van der Waals surface area contributed by atoms with Crippen molar-refractivity contribution < 1.29 is 14.2 Å². The van der Waals surface area contributed by atoms with Gasteiger partial charge in [-0.3, -0.25) is 4.21 Å². The Labute approximate surface area is 67.7 Å². The van der Waals surface area contributed by atoms with E-state index in [2.05, 4.69) is 0 Å². The van der Waals surface area contributed by atoms with Crippen molar-refractivity contribution in [3.63, 3.8) is 0 Å². The summed E-state index contributed by atoms with van der Waals surface area (Å²) in [4.78, 5) is 0.339. The smallest absolute Gasteiger partial charge is 0.0248 e. The largest absolute Gasteiger partial charge is 0.768 e. The summed E-state index contributed by atoms with van der Waals surface area (Å²) in [6, 6.07) is 6.70. The van der Waals surface area contributed by atoms with E-state index >= 15 is 0 Å². The molecule has 0 saturated heterocycles. The van der Waals surface area contributed by atoms with Gasteiger partial charge in [-0.2, -0.15) is 0 Å². The van der Waals surface area contributed by atoms with Crippen molar-refractivity contribution in [3.05, 3.63) is 29.8 Å². The molecule has 62 valence electrons. The Hall–Kier alpha value is -0.710. The zero-order valence-corrected chi connectivity index (χ0v) is 6.85. The first kappa shape index (κ1) is 10.3. The lowest BCUT2D eigenvalue weighted by atomic mass is 10.2. The lowest BCUT2D eigenvalue weighted by Crippen LogP contribution is -1.87. The topological polar surface area (TPSA) is 71.6 Å². The molecule has 0 aliphatic rings. The molecule has 0 saturated carbocycles. The maximum absolute atomic E-state index is 10.3. The first-order valence-corrected chi connectivity index (χ1v) is 3.93. The molecule has 0 aliphatic carbocycles. The van der Waals surface area contributed by atoms with Crippen LogP contribution in [0.25, 0.3) is 0 Å². The molecule has 0 fully saturated rings. The average Bonchev–Trinajstić information content (AvgIpc) is 1.88. The molecule has 0 amide bonds. The van der Waals surface area contributed by atoms with Gasteiger partial charge in [0.05, 0.1) is 0 Å². The summed E-state index contributed by atoms with van der Waals surface area (Å²) in [6.45, 7) is 1.91. The summed E-state index contributed by atoms with van der Waals surface area (Å²) in [5.74, 6) is 0.